The standard InChI is InChI=1S/C26H21NO6/c1-16-26(30)27(20-8-4-5-9-21(20)32-16)13-12-23(28)31-15-18-14-24(29)33-22-11-10-17-6-2-3-7-19(17)25(18)22/h2-11,14,16H,12-13,15H2,1H3. The highest BCUT2D eigenvalue weighted by atomic mass is 16.5. The number of rotatable bonds is 5. The first-order valence-electron chi connectivity index (χ1n) is 10.7. The maximum atomic E-state index is 12.6. The van der Waals surface area contributed by atoms with Gasteiger partial charge in [-0.3, -0.25) is 9.59 Å². The third-order valence-electron chi connectivity index (χ3n) is 5.72. The largest absolute Gasteiger partial charge is 0.479 e. The molecule has 4 aromatic rings. The predicted octanol–water partition coefficient (Wildman–Crippen LogP) is 4.19. The SMILES string of the molecule is CC1Oc2ccccc2N(CCC(=O)OCc2cc(=O)oc3ccc4ccccc4c23)C1=O. The first kappa shape index (κ1) is 20.8. The molecule has 0 fully saturated rings. The van der Waals surface area contributed by atoms with Crippen LogP contribution in [0.3, 0.4) is 0 Å². The Morgan fingerprint density at radius 1 is 1.03 bits per heavy atom. The Hall–Kier alpha value is -4.13. The van der Waals surface area contributed by atoms with Crippen molar-refractivity contribution in [3.63, 3.8) is 0 Å². The van der Waals surface area contributed by atoms with Crippen LogP contribution >= 0.6 is 0 Å². The van der Waals surface area contributed by atoms with Crippen LogP contribution in [0.15, 0.2) is 75.9 Å². The number of esters is 1. The van der Waals surface area contributed by atoms with Gasteiger partial charge in [-0.05, 0) is 35.9 Å². The second kappa shape index (κ2) is 8.43. The maximum Gasteiger partial charge on any atom is 0.336 e. The molecule has 7 nitrogen and oxygen atoms in total. The minimum absolute atomic E-state index is 0.00686. The lowest BCUT2D eigenvalue weighted by molar-refractivity contribution is -0.144. The lowest BCUT2D eigenvalue weighted by Crippen LogP contribution is -2.45. The Morgan fingerprint density at radius 3 is 2.70 bits per heavy atom. The molecule has 0 aliphatic carbocycles. The van der Waals surface area contributed by atoms with Crippen molar-refractivity contribution in [2.24, 2.45) is 0 Å². The third-order valence-corrected chi connectivity index (χ3v) is 5.72. The zero-order valence-corrected chi connectivity index (χ0v) is 17.9. The number of hydrogen-bond donors (Lipinski definition) is 0. The van der Waals surface area contributed by atoms with Gasteiger partial charge in [0.2, 0.25) is 0 Å². The molecule has 0 spiro atoms. The molecule has 33 heavy (non-hydrogen) atoms. The lowest BCUT2D eigenvalue weighted by Gasteiger charge is -2.32. The van der Waals surface area contributed by atoms with Crippen LogP contribution in [-0.4, -0.2) is 24.5 Å². The molecule has 1 amide bonds. The Kier molecular flexibility index (Phi) is 5.30. The van der Waals surface area contributed by atoms with Crippen LogP contribution in [0.25, 0.3) is 21.7 Å². The molecule has 3 aromatic carbocycles. The molecule has 166 valence electrons. The van der Waals surface area contributed by atoms with E-state index in [2.05, 4.69) is 0 Å². The molecule has 0 bridgehead atoms. The van der Waals surface area contributed by atoms with Gasteiger partial charge in [-0.15, -0.1) is 0 Å². The Morgan fingerprint density at radius 2 is 1.82 bits per heavy atom. The van der Waals surface area contributed by atoms with Crippen molar-refractivity contribution in [3.8, 4) is 5.75 Å². The van der Waals surface area contributed by atoms with Crippen molar-refractivity contribution in [2.45, 2.75) is 26.1 Å². The second-order valence-electron chi connectivity index (χ2n) is 7.88. The smallest absolute Gasteiger partial charge is 0.336 e. The van der Waals surface area contributed by atoms with Gasteiger partial charge in [-0.1, -0.05) is 42.5 Å². The van der Waals surface area contributed by atoms with Crippen LogP contribution < -0.4 is 15.3 Å². The van der Waals surface area contributed by atoms with Gasteiger partial charge in [-0.2, -0.15) is 0 Å². The topological polar surface area (TPSA) is 86.0 Å². The fourth-order valence-corrected chi connectivity index (χ4v) is 4.16. The summed E-state index contributed by atoms with van der Waals surface area (Å²) in [6.45, 7) is 1.78. The molecule has 0 N–H and O–H groups in total. The van der Waals surface area contributed by atoms with Gasteiger partial charge in [-0.25, -0.2) is 4.79 Å². The first-order chi connectivity index (χ1) is 16.0. The highest BCUT2D eigenvalue weighted by Crippen LogP contribution is 2.33. The predicted molar refractivity (Wildman–Crippen MR) is 123 cm³/mol. The molecule has 0 saturated heterocycles. The van der Waals surface area contributed by atoms with E-state index >= 15 is 0 Å². The molecule has 1 atom stereocenters. The first-order valence-corrected chi connectivity index (χ1v) is 10.7. The van der Waals surface area contributed by atoms with E-state index in [-0.39, 0.29) is 25.5 Å². The van der Waals surface area contributed by atoms with Crippen molar-refractivity contribution in [3.05, 3.63) is 82.7 Å². The van der Waals surface area contributed by atoms with Crippen molar-refractivity contribution in [1.29, 1.82) is 0 Å². The van der Waals surface area contributed by atoms with Gasteiger partial charge < -0.3 is 18.8 Å². The lowest BCUT2D eigenvalue weighted by atomic mass is 10.0. The van der Waals surface area contributed by atoms with Gasteiger partial charge in [0.05, 0.1) is 12.1 Å². The summed E-state index contributed by atoms with van der Waals surface area (Å²) in [5.74, 6) is -0.0759. The quantitative estimate of drug-likeness (QED) is 0.261. The summed E-state index contributed by atoms with van der Waals surface area (Å²) in [5.41, 5.74) is 1.14. The molecule has 0 saturated carbocycles. The Balaban J connectivity index is 1.34. The number of amides is 1. The third kappa shape index (κ3) is 3.93. The number of para-hydroxylation sites is 2. The van der Waals surface area contributed by atoms with E-state index < -0.39 is 17.7 Å². The van der Waals surface area contributed by atoms with Crippen LogP contribution in [0, 0.1) is 0 Å². The van der Waals surface area contributed by atoms with E-state index in [9.17, 15) is 14.4 Å². The van der Waals surface area contributed by atoms with E-state index in [1.807, 2.05) is 42.5 Å². The molecular formula is C26H21NO6. The average Bonchev–Trinajstić information content (AvgIpc) is 2.82. The number of nitrogens with zero attached hydrogens (tertiary/aromatic N) is 1. The fourth-order valence-electron chi connectivity index (χ4n) is 4.16. The minimum Gasteiger partial charge on any atom is -0.479 e. The van der Waals surface area contributed by atoms with Crippen LogP contribution in [0.1, 0.15) is 18.9 Å². The van der Waals surface area contributed by atoms with Gasteiger partial charge in [0.1, 0.15) is 17.9 Å². The number of hydrogen-bond acceptors (Lipinski definition) is 6. The second-order valence-corrected chi connectivity index (χ2v) is 7.88. The molecule has 1 aliphatic rings. The molecule has 7 heteroatoms. The molecule has 2 heterocycles. The van der Waals surface area contributed by atoms with Crippen molar-refractivity contribution in [1.82, 2.24) is 0 Å². The van der Waals surface area contributed by atoms with Gasteiger partial charge in [0.15, 0.2) is 6.10 Å². The Bertz CT molecular complexity index is 1440. The van der Waals surface area contributed by atoms with Crippen molar-refractivity contribution < 1.29 is 23.5 Å². The van der Waals surface area contributed by atoms with Crippen molar-refractivity contribution in [2.75, 3.05) is 11.4 Å². The van der Waals surface area contributed by atoms with E-state index in [4.69, 9.17) is 13.9 Å². The number of fused-ring (bicyclic) bond motifs is 4. The number of carbonyl (C=O) groups is 2. The highest BCUT2D eigenvalue weighted by Gasteiger charge is 2.31. The summed E-state index contributed by atoms with van der Waals surface area (Å²) >= 11 is 0. The zero-order valence-electron chi connectivity index (χ0n) is 17.9. The van der Waals surface area contributed by atoms with E-state index in [0.29, 0.717) is 22.6 Å². The van der Waals surface area contributed by atoms with E-state index in [1.165, 1.54) is 6.07 Å². The van der Waals surface area contributed by atoms with Crippen molar-refractivity contribution >= 4 is 39.3 Å². The van der Waals surface area contributed by atoms with Gasteiger partial charge >= 0.3 is 11.6 Å². The van der Waals surface area contributed by atoms with Gasteiger partial charge in [0, 0.05) is 23.6 Å². The van der Waals surface area contributed by atoms with Gasteiger partial charge in [0.25, 0.3) is 5.91 Å². The van der Waals surface area contributed by atoms with Crippen LogP contribution in [0.5, 0.6) is 5.75 Å². The number of ether oxygens (including phenoxy) is 2. The maximum absolute atomic E-state index is 12.6. The summed E-state index contributed by atoms with van der Waals surface area (Å²) in [5, 5.41) is 2.64. The summed E-state index contributed by atoms with van der Waals surface area (Å²) in [6.07, 6.45) is -0.619. The summed E-state index contributed by atoms with van der Waals surface area (Å²) in [6, 6.07) is 19.9. The summed E-state index contributed by atoms with van der Waals surface area (Å²) in [4.78, 5) is 38.7. The van der Waals surface area contributed by atoms with E-state index in [0.717, 1.165) is 16.2 Å². The number of anilines is 1. The number of carbonyl (C=O) groups excluding carboxylic acids is 2. The van der Waals surface area contributed by atoms with Crippen LogP contribution in [-0.2, 0) is 20.9 Å². The monoisotopic (exact) mass is 443 g/mol. The fraction of sp³-hybridized carbons (Fsp3) is 0.192. The van der Waals surface area contributed by atoms with Crippen LogP contribution in [0.2, 0.25) is 0 Å². The number of benzene rings is 3. The molecule has 1 aromatic heterocycles. The average molecular weight is 443 g/mol. The molecule has 5 rings (SSSR count). The molecule has 0 radical (unpaired) electrons. The Labute approximate surface area is 189 Å². The zero-order chi connectivity index (χ0) is 22.9. The minimum atomic E-state index is -0.626. The molecule has 1 unspecified atom stereocenters. The van der Waals surface area contributed by atoms with E-state index in [1.54, 1.807) is 30.0 Å². The summed E-state index contributed by atoms with van der Waals surface area (Å²) in [7, 11) is 0. The molecular weight excluding hydrogens is 422 g/mol. The summed E-state index contributed by atoms with van der Waals surface area (Å²) < 4.78 is 16.5. The van der Waals surface area contributed by atoms with Crippen LogP contribution in [0.4, 0.5) is 5.69 Å². The highest BCUT2D eigenvalue weighted by molar-refractivity contribution is 6.07. The normalized spacial score (nSPS) is 15.4. The molecule has 1 aliphatic heterocycles.